The second-order valence-corrected chi connectivity index (χ2v) is 5.36. The second kappa shape index (κ2) is 6.37. The third-order valence-electron chi connectivity index (χ3n) is 3.12. The Morgan fingerprint density at radius 2 is 1.71 bits per heavy atom. The molecular weight excluding hydrogens is 238 g/mol. The summed E-state index contributed by atoms with van der Waals surface area (Å²) in [6.07, 6.45) is 0.891. The van der Waals surface area contributed by atoms with Gasteiger partial charge >= 0.3 is 0 Å². The Hall–Kier alpha value is -0.590. The first kappa shape index (κ1) is 12.9. The largest absolute Gasteiger partial charge is 0.314 e. The Morgan fingerprint density at radius 3 is 2.35 bits per heavy atom. The van der Waals surface area contributed by atoms with E-state index >= 15 is 0 Å². The van der Waals surface area contributed by atoms with Crippen molar-refractivity contribution in [1.82, 2.24) is 15.1 Å². The lowest BCUT2D eigenvalue weighted by Crippen LogP contribution is -2.46. The molecule has 0 aromatic heterocycles. The molecule has 0 atom stereocenters. The Bertz CT molecular complexity index is 276. The van der Waals surface area contributed by atoms with Gasteiger partial charge in [-0.05, 0) is 13.0 Å². The summed E-state index contributed by atoms with van der Waals surface area (Å²) in [4.78, 5) is 26.9. The van der Waals surface area contributed by atoms with Crippen molar-refractivity contribution in [1.29, 1.82) is 0 Å². The van der Waals surface area contributed by atoms with Gasteiger partial charge < -0.3 is 10.2 Å². The van der Waals surface area contributed by atoms with Crippen LogP contribution in [-0.2, 0) is 9.59 Å². The fourth-order valence-electron chi connectivity index (χ4n) is 2.16. The van der Waals surface area contributed by atoms with Crippen LogP contribution in [0.25, 0.3) is 0 Å². The van der Waals surface area contributed by atoms with Gasteiger partial charge in [0.05, 0.1) is 11.5 Å². The molecule has 2 aliphatic heterocycles. The van der Waals surface area contributed by atoms with E-state index in [0.29, 0.717) is 18.1 Å². The number of rotatable bonds is 4. The number of piperazine rings is 1. The molecule has 0 aliphatic carbocycles. The Labute approximate surface area is 106 Å². The summed E-state index contributed by atoms with van der Waals surface area (Å²) in [5, 5.41) is 3.31. The highest BCUT2D eigenvalue weighted by Gasteiger charge is 2.25. The van der Waals surface area contributed by atoms with E-state index < -0.39 is 0 Å². The van der Waals surface area contributed by atoms with Crippen LogP contribution in [0.15, 0.2) is 0 Å². The number of carbonyl (C=O) groups is 2. The molecule has 5 nitrogen and oxygen atoms in total. The van der Waals surface area contributed by atoms with Crippen LogP contribution in [0.4, 0.5) is 0 Å². The molecule has 1 N–H and O–H groups in total. The van der Waals surface area contributed by atoms with Crippen LogP contribution in [0.1, 0.15) is 6.42 Å². The number of amides is 2. The van der Waals surface area contributed by atoms with Crippen molar-refractivity contribution in [3.8, 4) is 0 Å². The maximum Gasteiger partial charge on any atom is 0.239 e. The lowest BCUT2D eigenvalue weighted by molar-refractivity contribution is -0.142. The third-order valence-corrected chi connectivity index (χ3v) is 4.02. The van der Waals surface area contributed by atoms with Crippen LogP contribution >= 0.6 is 11.8 Å². The van der Waals surface area contributed by atoms with Gasteiger partial charge in [-0.15, -0.1) is 11.8 Å². The molecule has 0 spiro atoms. The van der Waals surface area contributed by atoms with Crippen LogP contribution in [0.5, 0.6) is 0 Å². The van der Waals surface area contributed by atoms with E-state index in [1.807, 2.05) is 0 Å². The van der Waals surface area contributed by atoms with Crippen molar-refractivity contribution in [2.24, 2.45) is 0 Å². The monoisotopic (exact) mass is 257 g/mol. The maximum atomic E-state index is 11.5. The average molecular weight is 257 g/mol. The highest BCUT2D eigenvalue weighted by Crippen LogP contribution is 2.12. The predicted octanol–water partition coefficient (Wildman–Crippen LogP) is -0.616. The number of nitrogens with one attached hydrogen (secondary N) is 1. The predicted molar refractivity (Wildman–Crippen MR) is 68.0 cm³/mol. The minimum atomic E-state index is -0.0217. The van der Waals surface area contributed by atoms with Gasteiger partial charge in [0.2, 0.25) is 11.8 Å². The first-order chi connectivity index (χ1) is 8.27. The molecule has 0 aromatic carbocycles. The molecule has 0 saturated carbocycles. The molecule has 17 heavy (non-hydrogen) atoms. The van der Waals surface area contributed by atoms with Gasteiger partial charge in [0, 0.05) is 32.7 Å². The minimum absolute atomic E-state index is 0.0217. The average Bonchev–Trinajstić information content (AvgIpc) is 2.34. The lowest BCUT2D eigenvalue weighted by atomic mass is 10.3. The normalized spacial score (nSPS) is 23.2. The second-order valence-electron chi connectivity index (χ2n) is 4.38. The molecule has 0 radical (unpaired) electrons. The van der Waals surface area contributed by atoms with Crippen molar-refractivity contribution in [3.05, 3.63) is 0 Å². The number of carbonyl (C=O) groups excluding carboxylic acids is 2. The van der Waals surface area contributed by atoms with Gasteiger partial charge in [0.15, 0.2) is 0 Å². The lowest BCUT2D eigenvalue weighted by Gasteiger charge is -2.29. The van der Waals surface area contributed by atoms with Crippen LogP contribution < -0.4 is 5.32 Å². The van der Waals surface area contributed by atoms with Crippen molar-refractivity contribution >= 4 is 23.6 Å². The zero-order valence-corrected chi connectivity index (χ0v) is 10.8. The minimum Gasteiger partial charge on any atom is -0.314 e. The maximum absolute atomic E-state index is 11.5. The first-order valence-corrected chi connectivity index (χ1v) is 7.27. The van der Waals surface area contributed by atoms with Gasteiger partial charge in [-0.1, -0.05) is 0 Å². The molecule has 2 aliphatic rings. The molecule has 0 bridgehead atoms. The summed E-state index contributed by atoms with van der Waals surface area (Å²) >= 11 is 1.42. The molecular formula is C11H19N3O2S. The molecule has 2 amide bonds. The summed E-state index contributed by atoms with van der Waals surface area (Å²) in [6, 6.07) is 0. The summed E-state index contributed by atoms with van der Waals surface area (Å²) in [5.74, 6) is 0.872. The number of hydrogen-bond donors (Lipinski definition) is 1. The van der Waals surface area contributed by atoms with E-state index in [-0.39, 0.29) is 11.8 Å². The number of thioether (sulfide) groups is 1. The fourth-order valence-corrected chi connectivity index (χ4v) is 2.92. The van der Waals surface area contributed by atoms with Crippen LogP contribution in [-0.4, -0.2) is 72.4 Å². The van der Waals surface area contributed by atoms with E-state index in [1.165, 1.54) is 16.7 Å². The van der Waals surface area contributed by atoms with Crippen molar-refractivity contribution < 1.29 is 9.59 Å². The standard InChI is InChI=1S/C11H19N3O2S/c15-10-8-17-9-11(16)14(10)5-1-4-13-6-2-12-3-7-13/h12H,1-9H2. The summed E-state index contributed by atoms with van der Waals surface area (Å²) in [6.45, 7) is 5.78. The molecule has 2 heterocycles. The van der Waals surface area contributed by atoms with Gasteiger partial charge in [-0.2, -0.15) is 0 Å². The Kier molecular flexibility index (Phi) is 4.82. The molecule has 0 unspecified atom stereocenters. The van der Waals surface area contributed by atoms with Gasteiger partial charge in [0.25, 0.3) is 0 Å². The quantitative estimate of drug-likeness (QED) is 0.681. The number of imide groups is 1. The molecule has 2 saturated heterocycles. The zero-order chi connectivity index (χ0) is 12.1. The highest BCUT2D eigenvalue weighted by molar-refractivity contribution is 8.00. The van der Waals surface area contributed by atoms with Crippen molar-refractivity contribution in [3.63, 3.8) is 0 Å². The zero-order valence-electron chi connectivity index (χ0n) is 9.98. The summed E-state index contributed by atoms with van der Waals surface area (Å²) in [5.41, 5.74) is 0. The molecule has 96 valence electrons. The fraction of sp³-hybridized carbons (Fsp3) is 0.818. The smallest absolute Gasteiger partial charge is 0.239 e. The van der Waals surface area contributed by atoms with Crippen molar-refractivity contribution in [2.75, 3.05) is 50.8 Å². The number of nitrogens with zero attached hydrogens (tertiary/aromatic N) is 2. The van der Waals surface area contributed by atoms with Gasteiger partial charge in [-0.25, -0.2) is 0 Å². The van der Waals surface area contributed by atoms with E-state index in [0.717, 1.165) is 39.1 Å². The third kappa shape index (κ3) is 3.69. The molecule has 2 fully saturated rings. The van der Waals surface area contributed by atoms with E-state index in [4.69, 9.17) is 0 Å². The van der Waals surface area contributed by atoms with Crippen LogP contribution in [0, 0.1) is 0 Å². The van der Waals surface area contributed by atoms with Crippen molar-refractivity contribution in [2.45, 2.75) is 6.42 Å². The summed E-state index contributed by atoms with van der Waals surface area (Å²) in [7, 11) is 0. The topological polar surface area (TPSA) is 52.7 Å². The Morgan fingerprint density at radius 1 is 1.06 bits per heavy atom. The first-order valence-electron chi connectivity index (χ1n) is 6.11. The SMILES string of the molecule is O=C1CSCC(=O)N1CCCN1CCNCC1. The van der Waals surface area contributed by atoms with E-state index in [1.54, 1.807) is 0 Å². The highest BCUT2D eigenvalue weighted by atomic mass is 32.2. The van der Waals surface area contributed by atoms with E-state index in [9.17, 15) is 9.59 Å². The molecule has 6 heteroatoms. The summed E-state index contributed by atoms with van der Waals surface area (Å²) < 4.78 is 0. The van der Waals surface area contributed by atoms with E-state index in [2.05, 4.69) is 10.2 Å². The van der Waals surface area contributed by atoms with Crippen LogP contribution in [0.2, 0.25) is 0 Å². The van der Waals surface area contributed by atoms with Gasteiger partial charge in [0.1, 0.15) is 0 Å². The van der Waals surface area contributed by atoms with Crippen LogP contribution in [0.3, 0.4) is 0 Å². The molecule has 2 rings (SSSR count). The molecule has 0 aromatic rings. The Balaban J connectivity index is 1.69. The van der Waals surface area contributed by atoms with Gasteiger partial charge in [-0.3, -0.25) is 14.5 Å². The number of hydrogen-bond acceptors (Lipinski definition) is 5.